The Morgan fingerprint density at radius 2 is 2.11 bits per heavy atom. The van der Waals surface area contributed by atoms with E-state index in [1.165, 1.54) is 0 Å². The van der Waals surface area contributed by atoms with E-state index >= 15 is 0 Å². The normalized spacial score (nSPS) is 24.0. The molecule has 0 bridgehead atoms. The maximum Gasteiger partial charge on any atom is 0.222 e. The van der Waals surface area contributed by atoms with E-state index in [2.05, 4.69) is 29.5 Å². The van der Waals surface area contributed by atoms with Gasteiger partial charge in [-0.2, -0.15) is 5.26 Å². The number of pyridine rings is 1. The predicted octanol–water partition coefficient (Wildman–Crippen LogP) is 2.26. The number of aryl methyl sites for hydroxylation is 2. The number of likely N-dealkylation sites (tertiary alicyclic amines) is 1. The molecule has 0 aromatic carbocycles. The van der Waals surface area contributed by atoms with E-state index < -0.39 is 0 Å². The molecule has 0 radical (unpaired) electrons. The van der Waals surface area contributed by atoms with E-state index in [1.807, 2.05) is 24.8 Å². The number of piperazine rings is 1. The van der Waals surface area contributed by atoms with Gasteiger partial charge in [-0.25, -0.2) is 4.98 Å². The first-order valence-corrected chi connectivity index (χ1v) is 9.63. The number of rotatable bonds is 3. The molecule has 3 rings (SSSR count). The van der Waals surface area contributed by atoms with Crippen LogP contribution in [-0.4, -0.2) is 66.0 Å². The molecule has 0 aliphatic carbocycles. The first kappa shape index (κ1) is 19.4. The fraction of sp³-hybridized carbons (Fsp3) is 0.571. The Hall–Kier alpha value is -2.39. The number of carbonyl (C=O) groups is 1. The van der Waals surface area contributed by atoms with Crippen molar-refractivity contribution in [3.63, 3.8) is 0 Å². The van der Waals surface area contributed by atoms with Crippen LogP contribution >= 0.6 is 0 Å². The summed E-state index contributed by atoms with van der Waals surface area (Å²) in [5.41, 5.74) is 2.50. The van der Waals surface area contributed by atoms with Gasteiger partial charge in [0.15, 0.2) is 0 Å². The Bertz CT molecular complexity index is 784. The molecule has 1 aromatic rings. The molecule has 1 spiro atoms. The minimum atomic E-state index is -0.0735. The number of carbonyl (C=O) groups excluding carboxylic acids is 1. The number of nitrogens with zero attached hydrogens (tertiary/aromatic N) is 5. The molecular weight excluding hydrogens is 338 g/mol. The van der Waals surface area contributed by atoms with Gasteiger partial charge in [-0.05, 0) is 45.4 Å². The molecule has 1 aromatic heterocycles. The standard InChI is InChI=1S/C21H29N5O/c1-5-9-25-10-8-21(7-6-19(25)27)15-26(12-11-24(21)4)20-18(14-22)16(2)13-17(3)23-20/h5,13H,1,6-12,15H2,2-4H3/t21-/m0/s1. The molecule has 2 aliphatic rings. The summed E-state index contributed by atoms with van der Waals surface area (Å²) in [6, 6.07) is 4.31. The van der Waals surface area contributed by atoms with Gasteiger partial charge in [0.05, 0.1) is 5.56 Å². The predicted molar refractivity (Wildman–Crippen MR) is 107 cm³/mol. The van der Waals surface area contributed by atoms with Crippen molar-refractivity contribution in [2.75, 3.05) is 44.7 Å². The number of hydrogen-bond donors (Lipinski definition) is 0. The maximum absolute atomic E-state index is 12.5. The van der Waals surface area contributed by atoms with Crippen LogP contribution in [0.3, 0.4) is 0 Å². The lowest BCUT2D eigenvalue weighted by molar-refractivity contribution is -0.130. The number of nitriles is 1. The molecule has 1 atom stereocenters. The molecule has 27 heavy (non-hydrogen) atoms. The lowest BCUT2D eigenvalue weighted by Crippen LogP contribution is -2.61. The second kappa shape index (κ2) is 7.69. The number of aromatic nitrogens is 1. The molecule has 1 amide bonds. The fourth-order valence-electron chi connectivity index (χ4n) is 4.41. The highest BCUT2D eigenvalue weighted by molar-refractivity contribution is 5.77. The Kier molecular flexibility index (Phi) is 5.52. The highest BCUT2D eigenvalue weighted by Crippen LogP contribution is 2.35. The molecule has 2 fully saturated rings. The van der Waals surface area contributed by atoms with Gasteiger partial charge in [0.1, 0.15) is 11.9 Å². The third-order valence-electron chi connectivity index (χ3n) is 6.09. The lowest BCUT2D eigenvalue weighted by Gasteiger charge is -2.49. The van der Waals surface area contributed by atoms with Crippen molar-refractivity contribution in [2.24, 2.45) is 0 Å². The molecule has 0 unspecified atom stereocenters. The van der Waals surface area contributed by atoms with Crippen molar-refractivity contribution < 1.29 is 4.79 Å². The van der Waals surface area contributed by atoms with Gasteiger partial charge in [-0.3, -0.25) is 9.69 Å². The van der Waals surface area contributed by atoms with Crippen molar-refractivity contribution in [2.45, 2.75) is 38.6 Å². The third kappa shape index (κ3) is 3.70. The minimum absolute atomic E-state index is 0.0735. The van der Waals surface area contributed by atoms with Gasteiger partial charge in [-0.15, -0.1) is 6.58 Å². The monoisotopic (exact) mass is 367 g/mol. The zero-order valence-corrected chi connectivity index (χ0v) is 16.7. The first-order chi connectivity index (χ1) is 12.9. The second-order valence-electron chi connectivity index (χ2n) is 7.84. The number of hydrogen-bond acceptors (Lipinski definition) is 5. The lowest BCUT2D eigenvalue weighted by atomic mass is 9.86. The van der Waals surface area contributed by atoms with Crippen molar-refractivity contribution in [3.8, 4) is 6.07 Å². The summed E-state index contributed by atoms with van der Waals surface area (Å²) in [7, 11) is 2.16. The summed E-state index contributed by atoms with van der Waals surface area (Å²) in [6.45, 7) is 11.6. The van der Waals surface area contributed by atoms with E-state index in [0.717, 1.165) is 56.1 Å². The SMILES string of the molecule is C=CCN1CC[C@@]2(CCC1=O)CN(c1nc(C)cc(C)c1C#N)CCN2C. The summed E-state index contributed by atoms with van der Waals surface area (Å²) in [5.74, 6) is 1.00. The van der Waals surface area contributed by atoms with Crippen LogP contribution < -0.4 is 4.90 Å². The van der Waals surface area contributed by atoms with Crippen molar-refractivity contribution in [1.29, 1.82) is 5.26 Å². The highest BCUT2D eigenvalue weighted by Gasteiger charge is 2.42. The molecule has 3 heterocycles. The van der Waals surface area contributed by atoms with Crippen molar-refractivity contribution >= 4 is 11.7 Å². The van der Waals surface area contributed by atoms with Crippen LogP contribution in [0.5, 0.6) is 0 Å². The summed E-state index contributed by atoms with van der Waals surface area (Å²) >= 11 is 0. The van der Waals surface area contributed by atoms with Crippen LogP contribution in [0.15, 0.2) is 18.7 Å². The average molecular weight is 367 g/mol. The van der Waals surface area contributed by atoms with Gasteiger partial charge in [0, 0.05) is 50.4 Å². The number of amides is 1. The van der Waals surface area contributed by atoms with Gasteiger partial charge in [0.2, 0.25) is 5.91 Å². The minimum Gasteiger partial charge on any atom is -0.352 e. The Morgan fingerprint density at radius 1 is 1.33 bits per heavy atom. The molecule has 2 aliphatic heterocycles. The van der Waals surface area contributed by atoms with Crippen LogP contribution in [-0.2, 0) is 4.79 Å². The molecule has 6 nitrogen and oxygen atoms in total. The van der Waals surface area contributed by atoms with E-state index in [9.17, 15) is 10.1 Å². The summed E-state index contributed by atoms with van der Waals surface area (Å²) in [5, 5.41) is 9.66. The van der Waals surface area contributed by atoms with Crippen molar-refractivity contribution in [1.82, 2.24) is 14.8 Å². The number of likely N-dealkylation sites (N-methyl/N-ethyl adjacent to an activating group) is 1. The van der Waals surface area contributed by atoms with E-state index in [1.54, 1.807) is 6.08 Å². The van der Waals surface area contributed by atoms with Crippen molar-refractivity contribution in [3.05, 3.63) is 35.5 Å². The Labute approximate surface area is 162 Å². The molecule has 144 valence electrons. The quantitative estimate of drug-likeness (QED) is 0.767. The van der Waals surface area contributed by atoms with Crippen LogP contribution in [0.4, 0.5) is 5.82 Å². The van der Waals surface area contributed by atoms with Gasteiger partial charge in [-0.1, -0.05) is 6.08 Å². The molecule has 2 saturated heterocycles. The third-order valence-corrected chi connectivity index (χ3v) is 6.09. The zero-order valence-electron chi connectivity index (χ0n) is 16.7. The topological polar surface area (TPSA) is 63.5 Å². The molecule has 0 N–H and O–H groups in total. The second-order valence-corrected chi connectivity index (χ2v) is 7.84. The zero-order chi connectivity index (χ0) is 19.6. The summed E-state index contributed by atoms with van der Waals surface area (Å²) in [6.07, 6.45) is 4.11. The van der Waals surface area contributed by atoms with Gasteiger partial charge >= 0.3 is 0 Å². The van der Waals surface area contributed by atoms with Crippen LogP contribution in [0, 0.1) is 25.2 Å². The maximum atomic E-state index is 12.5. The summed E-state index contributed by atoms with van der Waals surface area (Å²) < 4.78 is 0. The Balaban J connectivity index is 1.90. The molecular formula is C21H29N5O. The van der Waals surface area contributed by atoms with Crippen LogP contribution in [0.1, 0.15) is 36.1 Å². The van der Waals surface area contributed by atoms with Gasteiger partial charge < -0.3 is 9.80 Å². The summed E-state index contributed by atoms with van der Waals surface area (Å²) in [4.78, 5) is 23.7. The first-order valence-electron chi connectivity index (χ1n) is 9.63. The molecule has 6 heteroatoms. The van der Waals surface area contributed by atoms with E-state index in [0.29, 0.717) is 18.5 Å². The Morgan fingerprint density at radius 3 is 2.81 bits per heavy atom. The largest absolute Gasteiger partial charge is 0.352 e. The molecule has 0 saturated carbocycles. The van der Waals surface area contributed by atoms with E-state index in [4.69, 9.17) is 4.98 Å². The van der Waals surface area contributed by atoms with Gasteiger partial charge in [0.25, 0.3) is 0 Å². The van der Waals surface area contributed by atoms with Crippen LogP contribution in [0.2, 0.25) is 0 Å². The van der Waals surface area contributed by atoms with Crippen LogP contribution in [0.25, 0.3) is 0 Å². The smallest absolute Gasteiger partial charge is 0.222 e. The fourth-order valence-corrected chi connectivity index (χ4v) is 4.41. The number of anilines is 1. The van der Waals surface area contributed by atoms with E-state index in [-0.39, 0.29) is 11.4 Å². The average Bonchev–Trinajstić information content (AvgIpc) is 2.78. The highest BCUT2D eigenvalue weighted by atomic mass is 16.2.